The van der Waals surface area contributed by atoms with Gasteiger partial charge in [0.05, 0.1) is 6.04 Å². The lowest BCUT2D eigenvalue weighted by atomic mass is 9.93. The summed E-state index contributed by atoms with van der Waals surface area (Å²) >= 11 is 0. The third-order valence-corrected chi connectivity index (χ3v) is 5.09. The lowest BCUT2D eigenvalue weighted by Crippen LogP contribution is -2.26. The number of allylic oxidation sites excluding steroid dienone is 5. The van der Waals surface area contributed by atoms with Gasteiger partial charge in [0.15, 0.2) is 0 Å². The second-order valence-electron chi connectivity index (χ2n) is 7.79. The maximum absolute atomic E-state index is 5.80. The van der Waals surface area contributed by atoms with Crippen molar-refractivity contribution in [2.75, 3.05) is 6.67 Å². The van der Waals surface area contributed by atoms with Crippen LogP contribution in [0.25, 0.3) is 17.2 Å². The molecule has 2 aromatic rings. The van der Waals surface area contributed by atoms with Crippen molar-refractivity contribution >= 4 is 23.4 Å². The highest BCUT2D eigenvalue weighted by atomic mass is 15.0. The van der Waals surface area contributed by atoms with Crippen LogP contribution in [0.4, 0.5) is 0 Å². The molecule has 0 aliphatic carbocycles. The molecule has 1 unspecified atom stereocenters. The summed E-state index contributed by atoms with van der Waals surface area (Å²) < 4.78 is 0. The molecule has 3 N–H and O–H groups in total. The van der Waals surface area contributed by atoms with Crippen LogP contribution in [0.2, 0.25) is 0 Å². The summed E-state index contributed by atoms with van der Waals surface area (Å²) in [4.78, 5) is 4.19. The molecule has 1 atom stereocenters. The molecule has 0 aromatic heterocycles. The first kappa shape index (κ1) is 25.0. The van der Waals surface area contributed by atoms with Crippen molar-refractivity contribution in [1.82, 2.24) is 5.32 Å². The second-order valence-corrected chi connectivity index (χ2v) is 7.79. The van der Waals surface area contributed by atoms with E-state index in [9.17, 15) is 0 Å². The second kappa shape index (κ2) is 13.2. The molecule has 0 radical (unpaired) electrons. The van der Waals surface area contributed by atoms with E-state index >= 15 is 0 Å². The van der Waals surface area contributed by atoms with Gasteiger partial charge in [0.1, 0.15) is 0 Å². The van der Waals surface area contributed by atoms with Gasteiger partial charge in [-0.3, -0.25) is 10.3 Å². The van der Waals surface area contributed by atoms with Crippen molar-refractivity contribution < 1.29 is 0 Å². The van der Waals surface area contributed by atoms with Gasteiger partial charge in [0.25, 0.3) is 0 Å². The van der Waals surface area contributed by atoms with E-state index < -0.39 is 0 Å². The van der Waals surface area contributed by atoms with Crippen LogP contribution in [0.1, 0.15) is 49.1 Å². The normalized spacial score (nSPS) is 13.5. The highest BCUT2D eigenvalue weighted by molar-refractivity contribution is 6.08. The molecule has 0 bridgehead atoms. The Labute approximate surface area is 193 Å². The minimum Gasteiger partial charge on any atom is -0.318 e. The van der Waals surface area contributed by atoms with Crippen LogP contribution in [0.3, 0.4) is 0 Å². The molecule has 0 amide bonds. The van der Waals surface area contributed by atoms with E-state index in [0.717, 1.165) is 16.7 Å². The monoisotopic (exact) mass is 425 g/mol. The minimum absolute atomic E-state index is 0.0301. The van der Waals surface area contributed by atoms with Crippen molar-refractivity contribution in [2.45, 2.75) is 26.8 Å². The Bertz CT molecular complexity index is 988. The Morgan fingerprint density at radius 1 is 1.06 bits per heavy atom. The van der Waals surface area contributed by atoms with Crippen molar-refractivity contribution in [1.29, 1.82) is 0 Å². The van der Waals surface area contributed by atoms with Crippen LogP contribution < -0.4 is 11.1 Å². The molecular formula is C29H35N3. The first-order valence-electron chi connectivity index (χ1n) is 11.0. The highest BCUT2D eigenvalue weighted by Gasteiger charge is 2.09. The van der Waals surface area contributed by atoms with Crippen LogP contribution in [-0.2, 0) is 0 Å². The van der Waals surface area contributed by atoms with E-state index in [-0.39, 0.29) is 6.04 Å². The number of nitrogens with zero attached hydrogens (tertiary/aromatic N) is 1. The molecule has 0 fully saturated rings. The summed E-state index contributed by atoms with van der Waals surface area (Å²) in [6.45, 7) is 14.6. The van der Waals surface area contributed by atoms with Gasteiger partial charge in [0, 0.05) is 19.1 Å². The molecule has 0 spiro atoms. The minimum atomic E-state index is 0.0301. The van der Waals surface area contributed by atoms with E-state index in [4.69, 9.17) is 5.73 Å². The van der Waals surface area contributed by atoms with E-state index in [1.807, 2.05) is 19.1 Å². The first-order chi connectivity index (χ1) is 15.5. The predicted octanol–water partition coefficient (Wildman–Crippen LogP) is 6.79. The number of aliphatic imine (C=N–C) groups is 1. The topological polar surface area (TPSA) is 50.4 Å². The molecule has 3 heteroatoms. The lowest BCUT2D eigenvalue weighted by molar-refractivity contribution is 0.637. The van der Waals surface area contributed by atoms with Crippen LogP contribution in [0.5, 0.6) is 0 Å². The van der Waals surface area contributed by atoms with Gasteiger partial charge < -0.3 is 5.73 Å². The molecule has 166 valence electrons. The molecule has 0 heterocycles. The largest absolute Gasteiger partial charge is 0.318 e. The van der Waals surface area contributed by atoms with Crippen LogP contribution in [-0.4, -0.2) is 12.9 Å². The maximum Gasteiger partial charge on any atom is 0.0519 e. The lowest BCUT2D eigenvalue weighted by Gasteiger charge is -2.16. The number of benzene rings is 2. The average molecular weight is 426 g/mol. The molecule has 0 aliphatic rings. The number of nitrogens with two attached hydrogens (primary N) is 1. The van der Waals surface area contributed by atoms with Gasteiger partial charge in [-0.1, -0.05) is 106 Å². The first-order valence-corrected chi connectivity index (χ1v) is 11.0. The van der Waals surface area contributed by atoms with E-state index in [0.29, 0.717) is 12.6 Å². The van der Waals surface area contributed by atoms with Crippen LogP contribution in [0.15, 0.2) is 97.2 Å². The standard InChI is InChI=1S/C29H35N3/c1-6-8-28(22(3)4)26-14-16-27(17-15-26)29(32-21-30)18-11-24-9-12-25(13-10-24)23(5)20-31-19-7-2/h6-20,22,29,32H,1,5,21,30H2,2-4H3/b18-11+,19-7-,28-8+,31-20-. The van der Waals surface area contributed by atoms with Crippen molar-refractivity contribution in [2.24, 2.45) is 16.6 Å². The van der Waals surface area contributed by atoms with Crippen LogP contribution in [0, 0.1) is 5.92 Å². The number of nitrogens with one attached hydrogen (secondary N) is 1. The van der Waals surface area contributed by atoms with Crippen LogP contribution >= 0.6 is 0 Å². The molecule has 2 rings (SSSR count). The summed E-state index contributed by atoms with van der Waals surface area (Å²) in [7, 11) is 0. The zero-order valence-electron chi connectivity index (χ0n) is 19.5. The zero-order valence-corrected chi connectivity index (χ0v) is 19.5. The summed E-state index contributed by atoms with van der Waals surface area (Å²) in [5.41, 5.74) is 12.5. The van der Waals surface area contributed by atoms with Gasteiger partial charge in [0.2, 0.25) is 0 Å². The van der Waals surface area contributed by atoms with E-state index in [1.165, 1.54) is 16.7 Å². The molecule has 0 saturated heterocycles. The Morgan fingerprint density at radius 3 is 2.28 bits per heavy atom. The summed E-state index contributed by atoms with van der Waals surface area (Å²) in [5.74, 6) is 0.435. The Hall–Kier alpha value is -3.27. The average Bonchev–Trinajstić information content (AvgIpc) is 2.80. The molecule has 0 saturated carbocycles. The fourth-order valence-corrected chi connectivity index (χ4v) is 3.37. The molecule has 3 nitrogen and oxygen atoms in total. The van der Waals surface area contributed by atoms with Crippen molar-refractivity contribution in [3.05, 3.63) is 114 Å². The van der Waals surface area contributed by atoms with Gasteiger partial charge in [-0.25, -0.2) is 0 Å². The number of hydrogen-bond donors (Lipinski definition) is 2. The zero-order chi connectivity index (χ0) is 23.3. The fraction of sp³-hybridized carbons (Fsp3) is 0.207. The maximum atomic E-state index is 5.80. The van der Waals surface area contributed by atoms with Gasteiger partial charge in [-0.2, -0.15) is 0 Å². The molecule has 0 aliphatic heterocycles. The van der Waals surface area contributed by atoms with Gasteiger partial charge in [-0.15, -0.1) is 0 Å². The highest BCUT2D eigenvalue weighted by Crippen LogP contribution is 2.25. The predicted molar refractivity (Wildman–Crippen MR) is 142 cm³/mol. The Morgan fingerprint density at radius 2 is 1.72 bits per heavy atom. The Kier molecular flexibility index (Phi) is 10.3. The molecule has 2 aromatic carbocycles. The molecular weight excluding hydrogens is 390 g/mol. The van der Waals surface area contributed by atoms with Gasteiger partial charge >= 0.3 is 0 Å². The van der Waals surface area contributed by atoms with Gasteiger partial charge in [-0.05, 0) is 46.2 Å². The summed E-state index contributed by atoms with van der Waals surface area (Å²) in [5, 5.41) is 3.35. The number of rotatable bonds is 11. The van der Waals surface area contributed by atoms with E-state index in [1.54, 1.807) is 12.4 Å². The summed E-state index contributed by atoms with van der Waals surface area (Å²) in [6, 6.07) is 17.0. The van der Waals surface area contributed by atoms with Crippen molar-refractivity contribution in [3.63, 3.8) is 0 Å². The van der Waals surface area contributed by atoms with E-state index in [2.05, 4.69) is 104 Å². The third kappa shape index (κ3) is 7.45. The number of hydrogen-bond acceptors (Lipinski definition) is 3. The summed E-state index contributed by atoms with van der Waals surface area (Å²) in [6.07, 6.45) is 13.6. The SMILES string of the molecule is C=C/C=C(/c1ccc(C(/C=C/c2ccc(C(=C)/C=N\C=C/C)cc2)NCN)cc1)C(C)C. The quantitative estimate of drug-likeness (QED) is 0.236. The van der Waals surface area contributed by atoms with Crippen molar-refractivity contribution in [3.8, 4) is 0 Å². The smallest absolute Gasteiger partial charge is 0.0519 e. The molecule has 32 heavy (non-hydrogen) atoms. The Balaban J connectivity index is 2.17. The fourth-order valence-electron chi connectivity index (χ4n) is 3.37. The third-order valence-electron chi connectivity index (χ3n) is 5.09.